The van der Waals surface area contributed by atoms with Gasteiger partial charge in [-0.05, 0) is 38.5 Å². The molecule has 3 N–H and O–H groups in total. The maximum atomic E-state index is 12.7. The van der Waals surface area contributed by atoms with Crippen LogP contribution in [0.2, 0.25) is 0 Å². The number of benzene rings is 1. The lowest BCUT2D eigenvalue weighted by Gasteiger charge is -2.23. The molecule has 3 aliphatic rings. The number of carbonyl (C=O) groups excluding carboxylic acids is 3. The van der Waals surface area contributed by atoms with Crippen molar-refractivity contribution in [3.05, 3.63) is 18.2 Å². The van der Waals surface area contributed by atoms with Gasteiger partial charge in [0.05, 0.1) is 0 Å². The van der Waals surface area contributed by atoms with Gasteiger partial charge in [0.25, 0.3) is 17.7 Å². The van der Waals surface area contributed by atoms with Crippen LogP contribution in [0, 0.1) is 0 Å². The Kier molecular flexibility index (Phi) is 9.70. The minimum absolute atomic E-state index is 0.0657. The fourth-order valence-corrected chi connectivity index (χ4v) is 5.45. The van der Waals surface area contributed by atoms with E-state index in [1.54, 1.807) is 0 Å². The number of carboxylic acids is 3. The van der Waals surface area contributed by atoms with E-state index in [0.717, 1.165) is 0 Å². The third-order valence-electron chi connectivity index (χ3n) is 7.52. The Labute approximate surface area is 240 Å². The van der Waals surface area contributed by atoms with Gasteiger partial charge in [-0.25, -0.2) is 14.4 Å². The Morgan fingerprint density at radius 3 is 1.05 bits per heavy atom. The summed E-state index contributed by atoms with van der Waals surface area (Å²) in [6.45, 7) is -0.639. The zero-order valence-electron chi connectivity index (χ0n) is 22.8. The van der Waals surface area contributed by atoms with E-state index < -0.39 is 73.6 Å². The second-order valence-corrected chi connectivity index (χ2v) is 10.3. The maximum absolute atomic E-state index is 12.7. The van der Waals surface area contributed by atoms with Crippen molar-refractivity contribution in [3.63, 3.8) is 0 Å². The van der Waals surface area contributed by atoms with Gasteiger partial charge < -0.3 is 44.2 Å². The van der Waals surface area contributed by atoms with Crippen molar-refractivity contribution in [2.75, 3.05) is 39.5 Å². The molecule has 0 bridgehead atoms. The summed E-state index contributed by atoms with van der Waals surface area (Å²) in [4.78, 5) is 76.0. The second kappa shape index (κ2) is 13.4. The van der Waals surface area contributed by atoms with Crippen LogP contribution in [0.1, 0.15) is 38.5 Å². The minimum Gasteiger partial charge on any atom is -0.483 e. The molecule has 3 heterocycles. The summed E-state index contributed by atoms with van der Waals surface area (Å²) in [6.07, 6.45) is 2.65. The van der Waals surface area contributed by atoms with Crippen LogP contribution in [0.25, 0.3) is 0 Å². The standard InChI is InChI=1S/C27H33N3O12/c31-22(28-7-1-4-19(28)25(34)35)13-40-16-10-17(41-14-23(32)29-8-2-5-20(29)26(36)37)12-18(11-16)42-15-24(33)30-9-3-6-21(30)27(38)39/h10-12,19-21H,1-9,13-15H2,(H,34,35)(H,36,37)(H,38,39)/t19-,20-,21-/m1/s1. The Morgan fingerprint density at radius 2 is 0.810 bits per heavy atom. The molecule has 3 saturated heterocycles. The van der Waals surface area contributed by atoms with Gasteiger partial charge in [0.1, 0.15) is 35.4 Å². The van der Waals surface area contributed by atoms with Crippen molar-refractivity contribution >= 4 is 35.6 Å². The highest BCUT2D eigenvalue weighted by Crippen LogP contribution is 2.29. The quantitative estimate of drug-likeness (QED) is 0.295. The molecular weight excluding hydrogens is 558 g/mol. The van der Waals surface area contributed by atoms with Crippen LogP contribution in [0.3, 0.4) is 0 Å². The largest absolute Gasteiger partial charge is 0.483 e. The Hall–Kier alpha value is -4.56. The van der Waals surface area contributed by atoms with Gasteiger partial charge in [-0.1, -0.05) is 0 Å². The molecular formula is C27H33N3O12. The van der Waals surface area contributed by atoms with Gasteiger partial charge in [-0.2, -0.15) is 0 Å². The third-order valence-corrected chi connectivity index (χ3v) is 7.52. The molecule has 0 spiro atoms. The molecule has 3 fully saturated rings. The van der Waals surface area contributed by atoms with Crippen molar-refractivity contribution in [3.8, 4) is 17.2 Å². The van der Waals surface area contributed by atoms with Crippen LogP contribution >= 0.6 is 0 Å². The first-order valence-electron chi connectivity index (χ1n) is 13.7. The van der Waals surface area contributed by atoms with Crippen molar-refractivity contribution in [2.24, 2.45) is 0 Å². The van der Waals surface area contributed by atoms with E-state index in [2.05, 4.69) is 0 Å². The molecule has 1 aromatic carbocycles. The van der Waals surface area contributed by atoms with Crippen LogP contribution < -0.4 is 14.2 Å². The molecule has 0 saturated carbocycles. The lowest BCUT2D eigenvalue weighted by Crippen LogP contribution is -2.43. The highest BCUT2D eigenvalue weighted by molar-refractivity contribution is 5.86. The number of nitrogens with zero attached hydrogens (tertiary/aromatic N) is 3. The normalized spacial score (nSPS) is 21.7. The molecule has 1 aromatic rings. The van der Waals surface area contributed by atoms with Crippen molar-refractivity contribution in [2.45, 2.75) is 56.7 Å². The van der Waals surface area contributed by atoms with Crippen molar-refractivity contribution in [1.82, 2.24) is 14.7 Å². The van der Waals surface area contributed by atoms with Crippen LogP contribution in [-0.2, 0) is 28.8 Å². The monoisotopic (exact) mass is 591 g/mol. The lowest BCUT2D eigenvalue weighted by molar-refractivity contribution is -0.149. The summed E-state index contributed by atoms with van der Waals surface area (Å²) >= 11 is 0. The van der Waals surface area contributed by atoms with E-state index in [1.165, 1.54) is 32.9 Å². The van der Waals surface area contributed by atoms with E-state index in [1.807, 2.05) is 0 Å². The van der Waals surface area contributed by atoms with E-state index >= 15 is 0 Å². The average Bonchev–Trinajstić information content (AvgIpc) is 3.73. The molecule has 0 aliphatic carbocycles. The van der Waals surface area contributed by atoms with E-state index in [4.69, 9.17) is 14.2 Å². The Morgan fingerprint density at radius 1 is 0.548 bits per heavy atom. The molecule has 4 rings (SSSR count). The van der Waals surface area contributed by atoms with Crippen LogP contribution in [0.15, 0.2) is 18.2 Å². The summed E-state index contributed by atoms with van der Waals surface area (Å²) in [7, 11) is 0. The molecule has 3 amide bonds. The topological polar surface area (TPSA) is 201 Å². The highest BCUT2D eigenvalue weighted by Gasteiger charge is 2.36. The molecule has 15 heteroatoms. The van der Waals surface area contributed by atoms with Gasteiger partial charge in [-0.15, -0.1) is 0 Å². The van der Waals surface area contributed by atoms with Crippen molar-refractivity contribution in [1.29, 1.82) is 0 Å². The lowest BCUT2D eigenvalue weighted by atomic mass is 10.2. The number of amides is 3. The second-order valence-electron chi connectivity index (χ2n) is 10.3. The number of hydrogen-bond acceptors (Lipinski definition) is 9. The molecule has 228 valence electrons. The highest BCUT2D eigenvalue weighted by atomic mass is 16.5. The summed E-state index contributed by atoms with van der Waals surface area (Å²) < 4.78 is 16.8. The van der Waals surface area contributed by atoms with E-state index in [-0.39, 0.29) is 36.9 Å². The molecule has 0 aromatic heterocycles. The fraction of sp³-hybridized carbons (Fsp3) is 0.556. The van der Waals surface area contributed by atoms with Crippen molar-refractivity contribution < 1.29 is 58.3 Å². The van der Waals surface area contributed by atoms with Gasteiger partial charge in [0, 0.05) is 37.8 Å². The predicted octanol–water partition coefficient (Wildman–Crippen LogP) is 0.0498. The summed E-state index contributed by atoms with van der Waals surface area (Å²) in [5.74, 6) is -4.74. The average molecular weight is 592 g/mol. The first-order valence-corrected chi connectivity index (χ1v) is 13.7. The third kappa shape index (κ3) is 7.19. The molecule has 3 aliphatic heterocycles. The minimum atomic E-state index is -1.10. The Balaban J connectivity index is 1.45. The Bertz CT molecular complexity index is 1080. The fourth-order valence-electron chi connectivity index (χ4n) is 5.45. The number of hydrogen-bond donors (Lipinski definition) is 3. The van der Waals surface area contributed by atoms with Gasteiger partial charge in [-0.3, -0.25) is 14.4 Å². The number of likely N-dealkylation sites (tertiary alicyclic amines) is 3. The molecule has 0 unspecified atom stereocenters. The van der Waals surface area contributed by atoms with Crippen LogP contribution in [-0.4, -0.2) is 123 Å². The van der Waals surface area contributed by atoms with Gasteiger partial charge in [0.15, 0.2) is 19.8 Å². The maximum Gasteiger partial charge on any atom is 0.326 e. The summed E-state index contributed by atoms with van der Waals surface area (Å²) in [5, 5.41) is 28.1. The smallest absolute Gasteiger partial charge is 0.326 e. The van der Waals surface area contributed by atoms with Crippen LogP contribution in [0.5, 0.6) is 17.2 Å². The summed E-state index contributed by atoms with van der Waals surface area (Å²) in [6, 6.07) is 1.29. The first kappa shape index (κ1) is 30.4. The molecule has 0 radical (unpaired) electrons. The molecule has 42 heavy (non-hydrogen) atoms. The van der Waals surface area contributed by atoms with Crippen LogP contribution in [0.4, 0.5) is 0 Å². The van der Waals surface area contributed by atoms with Gasteiger partial charge >= 0.3 is 17.9 Å². The zero-order valence-corrected chi connectivity index (χ0v) is 22.8. The molecule has 15 nitrogen and oxygen atoms in total. The summed E-state index contributed by atoms with van der Waals surface area (Å²) in [5.41, 5.74) is 0. The molecule has 3 atom stereocenters. The number of carbonyl (C=O) groups is 6. The predicted molar refractivity (Wildman–Crippen MR) is 140 cm³/mol. The zero-order chi connectivity index (χ0) is 30.4. The number of rotatable bonds is 12. The van der Waals surface area contributed by atoms with Gasteiger partial charge in [0.2, 0.25) is 0 Å². The van der Waals surface area contributed by atoms with E-state index in [9.17, 15) is 44.1 Å². The van der Waals surface area contributed by atoms with E-state index in [0.29, 0.717) is 38.5 Å². The number of ether oxygens (including phenoxy) is 3. The SMILES string of the molecule is O=C(O)[C@H]1CCCN1C(=O)COc1cc(OCC(=O)N2CCC[C@@H]2C(=O)O)cc(OCC(=O)N2CCC[C@@H]2C(=O)O)c1. The number of aliphatic carboxylic acids is 3. The number of carboxylic acid groups (broad SMARTS) is 3. The first-order chi connectivity index (χ1) is 20.0.